The molecule has 1 aromatic carbocycles. The molecule has 118 valence electrons. The first-order valence-corrected chi connectivity index (χ1v) is 8.22. The molecule has 0 unspecified atom stereocenters. The van der Waals surface area contributed by atoms with Crippen molar-refractivity contribution in [2.24, 2.45) is 5.41 Å². The van der Waals surface area contributed by atoms with Crippen molar-refractivity contribution in [2.45, 2.75) is 38.6 Å². The lowest BCUT2D eigenvalue weighted by Crippen LogP contribution is -2.49. The topological polar surface area (TPSA) is 49.4 Å². The molecule has 3 rings (SSSR count). The molecule has 1 aliphatic heterocycles. The van der Waals surface area contributed by atoms with Gasteiger partial charge in [0.2, 0.25) is 5.91 Å². The van der Waals surface area contributed by atoms with E-state index in [1.165, 1.54) is 12.8 Å². The van der Waals surface area contributed by atoms with E-state index < -0.39 is 6.04 Å². The van der Waals surface area contributed by atoms with Gasteiger partial charge in [0.1, 0.15) is 6.04 Å². The number of halogens is 1. The van der Waals surface area contributed by atoms with Gasteiger partial charge in [-0.3, -0.25) is 9.59 Å². The molecule has 2 aliphatic rings. The van der Waals surface area contributed by atoms with Crippen LogP contribution in [0.3, 0.4) is 0 Å². The summed E-state index contributed by atoms with van der Waals surface area (Å²) in [5.41, 5.74) is 1.06. The molecule has 0 aromatic heterocycles. The molecule has 1 saturated carbocycles. The summed E-state index contributed by atoms with van der Waals surface area (Å²) in [6, 6.07) is 6.15. The highest BCUT2D eigenvalue weighted by atomic mass is 35.5. The Morgan fingerprint density at radius 3 is 2.27 bits per heavy atom. The van der Waals surface area contributed by atoms with Gasteiger partial charge in [-0.2, -0.15) is 0 Å². The molecular weight excluding hydrogens is 300 g/mol. The molecule has 4 nitrogen and oxygen atoms in total. The summed E-state index contributed by atoms with van der Waals surface area (Å²) < 4.78 is 0. The van der Waals surface area contributed by atoms with Gasteiger partial charge in [-0.15, -0.1) is 0 Å². The molecule has 1 aliphatic carbocycles. The zero-order valence-corrected chi connectivity index (χ0v) is 13.5. The van der Waals surface area contributed by atoms with Gasteiger partial charge in [0, 0.05) is 23.7 Å². The molecule has 1 spiro atoms. The summed E-state index contributed by atoms with van der Waals surface area (Å²) in [6.45, 7) is 3.39. The molecular formula is C17H21ClN2O2. The maximum Gasteiger partial charge on any atom is 0.251 e. The van der Waals surface area contributed by atoms with Gasteiger partial charge in [-0.1, -0.05) is 11.6 Å². The number of rotatable bonds is 3. The average Bonchev–Trinajstić information content (AvgIpc) is 3.27. The van der Waals surface area contributed by atoms with Gasteiger partial charge in [0.15, 0.2) is 0 Å². The minimum atomic E-state index is -0.503. The third kappa shape index (κ3) is 3.27. The van der Waals surface area contributed by atoms with E-state index in [0.29, 0.717) is 16.0 Å². The Labute approximate surface area is 135 Å². The van der Waals surface area contributed by atoms with Crippen LogP contribution in [0.2, 0.25) is 5.02 Å². The van der Waals surface area contributed by atoms with Gasteiger partial charge >= 0.3 is 0 Å². The van der Waals surface area contributed by atoms with Crippen molar-refractivity contribution in [3.8, 4) is 0 Å². The molecule has 0 bridgehead atoms. The normalized spacial score (nSPS) is 20.5. The van der Waals surface area contributed by atoms with Crippen molar-refractivity contribution in [3.05, 3.63) is 34.9 Å². The summed E-state index contributed by atoms with van der Waals surface area (Å²) in [6.07, 6.45) is 4.85. The largest absolute Gasteiger partial charge is 0.341 e. The number of benzene rings is 1. The van der Waals surface area contributed by atoms with Crippen LogP contribution in [0.5, 0.6) is 0 Å². The van der Waals surface area contributed by atoms with E-state index in [-0.39, 0.29) is 11.8 Å². The van der Waals surface area contributed by atoms with Crippen LogP contribution in [0, 0.1) is 5.41 Å². The number of nitrogens with zero attached hydrogens (tertiary/aromatic N) is 1. The molecule has 1 atom stereocenters. The first-order chi connectivity index (χ1) is 10.5. The molecule has 0 radical (unpaired) electrons. The number of likely N-dealkylation sites (tertiary alicyclic amines) is 1. The van der Waals surface area contributed by atoms with Crippen molar-refractivity contribution >= 4 is 23.4 Å². The van der Waals surface area contributed by atoms with E-state index in [4.69, 9.17) is 11.6 Å². The molecule has 1 N–H and O–H groups in total. The first kappa shape index (κ1) is 15.3. The maximum atomic E-state index is 12.4. The van der Waals surface area contributed by atoms with E-state index in [1.807, 2.05) is 4.90 Å². The Balaban J connectivity index is 1.54. The smallest absolute Gasteiger partial charge is 0.251 e. The lowest BCUT2D eigenvalue weighted by molar-refractivity contribution is -0.134. The quantitative estimate of drug-likeness (QED) is 0.931. The highest BCUT2D eigenvalue weighted by Crippen LogP contribution is 2.53. The van der Waals surface area contributed by atoms with Crippen molar-refractivity contribution in [2.75, 3.05) is 13.1 Å². The lowest BCUT2D eigenvalue weighted by atomic mass is 9.93. The zero-order chi connectivity index (χ0) is 15.7. The fourth-order valence-corrected chi connectivity index (χ4v) is 3.22. The minimum Gasteiger partial charge on any atom is -0.341 e. The second-order valence-electron chi connectivity index (χ2n) is 6.53. The molecule has 5 heteroatoms. The molecule has 2 fully saturated rings. The monoisotopic (exact) mass is 320 g/mol. The summed E-state index contributed by atoms with van der Waals surface area (Å²) in [4.78, 5) is 26.5. The second kappa shape index (κ2) is 5.92. The second-order valence-corrected chi connectivity index (χ2v) is 6.96. The van der Waals surface area contributed by atoms with Crippen molar-refractivity contribution in [1.82, 2.24) is 10.2 Å². The fraction of sp³-hybridized carbons (Fsp3) is 0.529. The lowest BCUT2D eigenvalue weighted by Gasteiger charge is -2.33. The SMILES string of the molecule is C[C@H](NC(=O)c1ccc(Cl)cc1)C(=O)N1CCC2(CC1)CC2. The standard InChI is InChI=1S/C17H21ClN2O2/c1-12(19-15(21)13-2-4-14(18)5-3-13)16(22)20-10-8-17(6-7-17)9-11-20/h2-5,12H,6-11H2,1H3,(H,19,21)/t12-/m0/s1. The number of hydrogen-bond donors (Lipinski definition) is 1. The summed E-state index contributed by atoms with van der Waals surface area (Å²) in [5.74, 6) is -0.231. The van der Waals surface area contributed by atoms with Crippen LogP contribution in [0.4, 0.5) is 0 Å². The van der Waals surface area contributed by atoms with Gasteiger partial charge < -0.3 is 10.2 Å². The molecule has 2 amide bonds. The summed E-state index contributed by atoms with van der Waals surface area (Å²) >= 11 is 5.81. The van der Waals surface area contributed by atoms with E-state index in [2.05, 4.69) is 5.32 Å². The highest BCUT2D eigenvalue weighted by Gasteiger charge is 2.45. The van der Waals surface area contributed by atoms with Crippen molar-refractivity contribution in [3.63, 3.8) is 0 Å². The van der Waals surface area contributed by atoms with Crippen molar-refractivity contribution in [1.29, 1.82) is 0 Å². The predicted molar refractivity (Wildman–Crippen MR) is 85.9 cm³/mol. The first-order valence-electron chi connectivity index (χ1n) is 7.84. The number of hydrogen-bond acceptors (Lipinski definition) is 2. The van der Waals surface area contributed by atoms with Crippen LogP contribution in [0.15, 0.2) is 24.3 Å². The van der Waals surface area contributed by atoms with Crippen LogP contribution < -0.4 is 5.32 Å². The predicted octanol–water partition coefficient (Wildman–Crippen LogP) is 2.86. The Hall–Kier alpha value is -1.55. The third-order valence-corrected chi connectivity index (χ3v) is 5.17. The number of carbonyl (C=O) groups is 2. The van der Waals surface area contributed by atoms with Crippen molar-refractivity contribution < 1.29 is 9.59 Å². The molecule has 1 heterocycles. The number of carbonyl (C=O) groups excluding carboxylic acids is 2. The highest BCUT2D eigenvalue weighted by molar-refractivity contribution is 6.30. The van der Waals surface area contributed by atoms with Crippen LogP contribution >= 0.6 is 11.6 Å². The number of amides is 2. The molecule has 22 heavy (non-hydrogen) atoms. The fourth-order valence-electron chi connectivity index (χ4n) is 3.10. The van der Waals surface area contributed by atoms with E-state index in [1.54, 1.807) is 31.2 Å². The summed E-state index contributed by atoms with van der Waals surface area (Å²) in [5, 5.41) is 3.36. The van der Waals surface area contributed by atoms with Crippen LogP contribution in [-0.4, -0.2) is 35.8 Å². The van der Waals surface area contributed by atoms with Crippen LogP contribution in [-0.2, 0) is 4.79 Å². The van der Waals surface area contributed by atoms with Crippen LogP contribution in [0.25, 0.3) is 0 Å². The van der Waals surface area contributed by atoms with Gasteiger partial charge in [-0.25, -0.2) is 0 Å². The summed E-state index contributed by atoms with van der Waals surface area (Å²) in [7, 11) is 0. The number of nitrogens with one attached hydrogen (secondary N) is 1. The van der Waals surface area contributed by atoms with Gasteiger partial charge in [0.05, 0.1) is 0 Å². The Kier molecular flexibility index (Phi) is 4.13. The molecule has 1 aromatic rings. The number of piperidine rings is 1. The van der Waals surface area contributed by atoms with E-state index in [9.17, 15) is 9.59 Å². The van der Waals surface area contributed by atoms with Gasteiger partial charge in [0.25, 0.3) is 5.91 Å². The van der Waals surface area contributed by atoms with E-state index >= 15 is 0 Å². The Bertz CT molecular complexity index is 571. The average molecular weight is 321 g/mol. The van der Waals surface area contributed by atoms with Gasteiger partial charge in [-0.05, 0) is 62.3 Å². The molecule has 1 saturated heterocycles. The van der Waals surface area contributed by atoms with E-state index in [0.717, 1.165) is 25.9 Å². The Morgan fingerprint density at radius 1 is 1.14 bits per heavy atom. The Morgan fingerprint density at radius 2 is 1.73 bits per heavy atom. The minimum absolute atomic E-state index is 0.0119. The zero-order valence-electron chi connectivity index (χ0n) is 12.8. The third-order valence-electron chi connectivity index (χ3n) is 4.92. The maximum absolute atomic E-state index is 12.4. The van der Waals surface area contributed by atoms with Crippen LogP contribution in [0.1, 0.15) is 43.0 Å².